The molecule has 28 heavy (non-hydrogen) atoms. The Balaban J connectivity index is 2.05. The van der Waals surface area contributed by atoms with Crippen molar-refractivity contribution in [1.29, 1.82) is 0 Å². The Kier molecular flexibility index (Phi) is 6.93. The Labute approximate surface area is 165 Å². The van der Waals surface area contributed by atoms with Gasteiger partial charge < -0.3 is 15.3 Å². The quantitative estimate of drug-likeness (QED) is 0.759. The van der Waals surface area contributed by atoms with E-state index in [0.29, 0.717) is 24.2 Å². The molecule has 148 valence electrons. The monoisotopic (exact) mass is 382 g/mol. The SMILES string of the molecule is Cc1cc(C(=O)N(C)Cc2ccc(C(=O)O)cc2)ccc1NC(=O)CC(C)C. The molecule has 0 fully saturated rings. The fraction of sp³-hybridized carbons (Fsp3) is 0.318. The fourth-order valence-corrected chi connectivity index (χ4v) is 2.83. The maximum absolute atomic E-state index is 12.7. The van der Waals surface area contributed by atoms with Crippen molar-refractivity contribution in [3.63, 3.8) is 0 Å². The fourth-order valence-electron chi connectivity index (χ4n) is 2.83. The molecule has 0 spiro atoms. The molecule has 2 amide bonds. The number of rotatable bonds is 7. The molecular weight excluding hydrogens is 356 g/mol. The number of benzene rings is 2. The van der Waals surface area contributed by atoms with Crippen molar-refractivity contribution >= 4 is 23.5 Å². The van der Waals surface area contributed by atoms with Crippen LogP contribution < -0.4 is 5.32 Å². The van der Waals surface area contributed by atoms with E-state index in [4.69, 9.17) is 5.11 Å². The van der Waals surface area contributed by atoms with Crippen molar-refractivity contribution in [3.8, 4) is 0 Å². The zero-order valence-electron chi connectivity index (χ0n) is 16.7. The molecular formula is C22H26N2O4. The van der Waals surface area contributed by atoms with E-state index in [1.54, 1.807) is 42.3 Å². The van der Waals surface area contributed by atoms with Gasteiger partial charge in [0, 0.05) is 31.3 Å². The molecule has 6 heteroatoms. The van der Waals surface area contributed by atoms with Gasteiger partial charge in [0.1, 0.15) is 0 Å². The summed E-state index contributed by atoms with van der Waals surface area (Å²) < 4.78 is 0. The third-order valence-electron chi connectivity index (χ3n) is 4.31. The number of carbonyl (C=O) groups excluding carboxylic acids is 2. The Hall–Kier alpha value is -3.15. The molecule has 0 saturated carbocycles. The molecule has 0 unspecified atom stereocenters. The number of aryl methyl sites for hydroxylation is 1. The Morgan fingerprint density at radius 3 is 2.18 bits per heavy atom. The number of amides is 2. The van der Waals surface area contributed by atoms with Crippen LogP contribution in [-0.4, -0.2) is 34.8 Å². The summed E-state index contributed by atoms with van der Waals surface area (Å²) in [4.78, 5) is 37.1. The Morgan fingerprint density at radius 1 is 1.04 bits per heavy atom. The maximum Gasteiger partial charge on any atom is 0.335 e. The van der Waals surface area contributed by atoms with Crippen LogP contribution in [0.25, 0.3) is 0 Å². The zero-order chi connectivity index (χ0) is 20.8. The summed E-state index contributed by atoms with van der Waals surface area (Å²) in [6.07, 6.45) is 0.448. The van der Waals surface area contributed by atoms with Gasteiger partial charge >= 0.3 is 5.97 Å². The van der Waals surface area contributed by atoms with Crippen LogP contribution >= 0.6 is 0 Å². The lowest BCUT2D eigenvalue weighted by Crippen LogP contribution is -2.26. The van der Waals surface area contributed by atoms with Gasteiger partial charge in [-0.25, -0.2) is 4.79 Å². The highest BCUT2D eigenvalue weighted by molar-refractivity contribution is 5.96. The number of aromatic carboxylic acids is 1. The van der Waals surface area contributed by atoms with Crippen LogP contribution in [0.4, 0.5) is 5.69 Å². The Bertz CT molecular complexity index is 873. The first kappa shape index (κ1) is 21.2. The third-order valence-corrected chi connectivity index (χ3v) is 4.31. The van der Waals surface area contributed by atoms with Gasteiger partial charge in [-0.1, -0.05) is 26.0 Å². The van der Waals surface area contributed by atoms with Gasteiger partial charge in [0.05, 0.1) is 5.56 Å². The number of nitrogens with zero attached hydrogens (tertiary/aromatic N) is 1. The van der Waals surface area contributed by atoms with Crippen LogP contribution in [0.15, 0.2) is 42.5 Å². The third kappa shape index (κ3) is 5.67. The average Bonchev–Trinajstić information content (AvgIpc) is 2.62. The molecule has 0 saturated heterocycles. The predicted octanol–water partition coefficient (Wildman–Crippen LogP) is 3.95. The first-order valence-corrected chi connectivity index (χ1v) is 9.15. The first-order valence-electron chi connectivity index (χ1n) is 9.15. The van der Waals surface area contributed by atoms with Crippen LogP contribution in [-0.2, 0) is 11.3 Å². The van der Waals surface area contributed by atoms with Crippen LogP contribution in [0.2, 0.25) is 0 Å². The van der Waals surface area contributed by atoms with E-state index < -0.39 is 5.97 Å². The lowest BCUT2D eigenvalue weighted by atomic mass is 10.1. The lowest BCUT2D eigenvalue weighted by molar-refractivity contribution is -0.116. The van der Waals surface area contributed by atoms with Crippen molar-refractivity contribution < 1.29 is 19.5 Å². The predicted molar refractivity (Wildman–Crippen MR) is 108 cm³/mol. The summed E-state index contributed by atoms with van der Waals surface area (Å²) in [7, 11) is 1.70. The van der Waals surface area contributed by atoms with Crippen molar-refractivity contribution in [1.82, 2.24) is 4.90 Å². The average molecular weight is 382 g/mol. The molecule has 0 aliphatic rings. The summed E-state index contributed by atoms with van der Waals surface area (Å²) in [5, 5.41) is 11.8. The second-order valence-corrected chi connectivity index (χ2v) is 7.34. The van der Waals surface area contributed by atoms with Crippen LogP contribution in [0.1, 0.15) is 52.1 Å². The normalized spacial score (nSPS) is 10.6. The molecule has 0 bridgehead atoms. The molecule has 6 nitrogen and oxygen atoms in total. The number of anilines is 1. The van der Waals surface area contributed by atoms with E-state index >= 15 is 0 Å². The summed E-state index contributed by atoms with van der Waals surface area (Å²) in [5.41, 5.74) is 3.11. The molecule has 0 aromatic heterocycles. The van der Waals surface area contributed by atoms with E-state index in [1.807, 2.05) is 20.8 Å². The molecule has 0 heterocycles. The highest BCUT2D eigenvalue weighted by atomic mass is 16.4. The van der Waals surface area contributed by atoms with E-state index in [2.05, 4.69) is 5.32 Å². The summed E-state index contributed by atoms with van der Waals surface area (Å²) >= 11 is 0. The van der Waals surface area contributed by atoms with Gasteiger partial charge in [-0.05, 0) is 54.3 Å². The van der Waals surface area contributed by atoms with Crippen LogP contribution in [0.3, 0.4) is 0 Å². The maximum atomic E-state index is 12.7. The molecule has 2 aromatic rings. The number of carbonyl (C=O) groups is 3. The van der Waals surface area contributed by atoms with Gasteiger partial charge in [-0.3, -0.25) is 9.59 Å². The van der Waals surface area contributed by atoms with Crippen molar-refractivity contribution in [2.75, 3.05) is 12.4 Å². The standard InChI is InChI=1S/C22H26N2O4/c1-14(2)11-20(25)23-19-10-9-18(12-15(19)3)21(26)24(4)13-16-5-7-17(8-6-16)22(27)28/h5-10,12,14H,11,13H2,1-4H3,(H,23,25)(H,27,28). The highest BCUT2D eigenvalue weighted by Gasteiger charge is 2.15. The van der Waals surface area contributed by atoms with Gasteiger partial charge in [0.2, 0.25) is 5.91 Å². The minimum absolute atomic E-state index is 0.0425. The molecule has 2 N–H and O–H groups in total. The lowest BCUT2D eigenvalue weighted by Gasteiger charge is -2.18. The van der Waals surface area contributed by atoms with Gasteiger partial charge in [0.25, 0.3) is 5.91 Å². The molecule has 2 aromatic carbocycles. The summed E-state index contributed by atoms with van der Waals surface area (Å²) in [5.74, 6) is -0.893. The van der Waals surface area contributed by atoms with Crippen LogP contribution in [0.5, 0.6) is 0 Å². The number of carboxylic acids is 1. The van der Waals surface area contributed by atoms with Gasteiger partial charge in [-0.15, -0.1) is 0 Å². The van der Waals surface area contributed by atoms with E-state index in [-0.39, 0.29) is 23.3 Å². The highest BCUT2D eigenvalue weighted by Crippen LogP contribution is 2.19. The van der Waals surface area contributed by atoms with E-state index in [0.717, 1.165) is 11.1 Å². The van der Waals surface area contributed by atoms with E-state index in [1.165, 1.54) is 12.1 Å². The zero-order valence-corrected chi connectivity index (χ0v) is 16.7. The molecule has 0 aliphatic carbocycles. The summed E-state index contributed by atoms with van der Waals surface area (Å²) in [6, 6.07) is 11.7. The number of hydrogen-bond acceptors (Lipinski definition) is 3. The van der Waals surface area contributed by atoms with Crippen LogP contribution in [0, 0.1) is 12.8 Å². The smallest absolute Gasteiger partial charge is 0.335 e. The second kappa shape index (κ2) is 9.17. The van der Waals surface area contributed by atoms with Crippen molar-refractivity contribution in [2.45, 2.75) is 33.7 Å². The first-order chi connectivity index (χ1) is 13.2. The van der Waals surface area contributed by atoms with Crippen molar-refractivity contribution in [3.05, 3.63) is 64.7 Å². The second-order valence-electron chi connectivity index (χ2n) is 7.34. The number of hydrogen-bond donors (Lipinski definition) is 2. The molecule has 0 atom stereocenters. The molecule has 2 rings (SSSR count). The number of carboxylic acid groups (broad SMARTS) is 1. The van der Waals surface area contributed by atoms with Gasteiger partial charge in [-0.2, -0.15) is 0 Å². The van der Waals surface area contributed by atoms with Gasteiger partial charge in [0.15, 0.2) is 0 Å². The minimum atomic E-state index is -0.980. The Morgan fingerprint density at radius 2 is 1.64 bits per heavy atom. The summed E-state index contributed by atoms with van der Waals surface area (Å²) in [6.45, 7) is 6.19. The molecule has 0 aliphatic heterocycles. The minimum Gasteiger partial charge on any atom is -0.478 e. The number of nitrogens with one attached hydrogen (secondary N) is 1. The largest absolute Gasteiger partial charge is 0.478 e. The topological polar surface area (TPSA) is 86.7 Å². The molecule has 0 radical (unpaired) electrons. The van der Waals surface area contributed by atoms with Crippen molar-refractivity contribution in [2.24, 2.45) is 5.92 Å². The van der Waals surface area contributed by atoms with E-state index in [9.17, 15) is 14.4 Å².